The Balaban J connectivity index is 2.10. The second-order valence-corrected chi connectivity index (χ2v) is 5.48. The maximum atomic E-state index is 6.15. The average Bonchev–Trinajstić information content (AvgIpc) is 2.75. The molecule has 1 atom stereocenters. The number of hydrogen-bond donors (Lipinski definition) is 1. The van der Waals surface area contributed by atoms with Gasteiger partial charge in [0.2, 0.25) is 0 Å². The Morgan fingerprint density at radius 3 is 2.67 bits per heavy atom. The van der Waals surface area contributed by atoms with Gasteiger partial charge < -0.3 is 5.73 Å². The van der Waals surface area contributed by atoms with E-state index in [0.717, 1.165) is 17.1 Å². The highest BCUT2D eigenvalue weighted by Gasteiger charge is 2.11. The van der Waals surface area contributed by atoms with E-state index < -0.39 is 0 Å². The Bertz CT molecular complexity index is 445. The summed E-state index contributed by atoms with van der Waals surface area (Å²) < 4.78 is 0. The van der Waals surface area contributed by atoms with Gasteiger partial charge >= 0.3 is 0 Å². The van der Waals surface area contributed by atoms with E-state index in [9.17, 15) is 0 Å². The van der Waals surface area contributed by atoms with Crippen LogP contribution in [-0.2, 0) is 6.42 Å². The number of nitrogens with two attached hydrogens (primary N) is 1. The Morgan fingerprint density at radius 2 is 2.13 bits per heavy atom. The molecule has 15 heavy (non-hydrogen) atoms. The van der Waals surface area contributed by atoms with Gasteiger partial charge in [0.1, 0.15) is 0 Å². The molecule has 4 heteroatoms. The molecule has 0 bridgehead atoms. The zero-order valence-electron chi connectivity index (χ0n) is 8.86. The molecule has 0 amide bonds. The molecule has 0 fully saturated rings. The maximum Gasteiger partial charge on any atom is 0.0897 e. The van der Waals surface area contributed by atoms with Crippen molar-refractivity contribution >= 4 is 22.7 Å². The number of nitrogens with zero attached hydrogens (tertiary/aromatic N) is 1. The van der Waals surface area contributed by atoms with Crippen LogP contribution in [-0.4, -0.2) is 4.98 Å². The first-order valence-electron chi connectivity index (χ1n) is 4.86. The molecular weight excluding hydrogens is 224 g/mol. The largest absolute Gasteiger partial charge is 0.324 e. The summed E-state index contributed by atoms with van der Waals surface area (Å²) in [5.74, 6) is 0. The summed E-state index contributed by atoms with van der Waals surface area (Å²) in [4.78, 5) is 4.43. The molecule has 1 unspecified atom stereocenters. The number of aromatic nitrogens is 1. The lowest BCUT2D eigenvalue weighted by Crippen LogP contribution is -2.13. The van der Waals surface area contributed by atoms with E-state index in [0.29, 0.717) is 0 Å². The molecule has 0 aromatic carbocycles. The van der Waals surface area contributed by atoms with Gasteiger partial charge in [0.25, 0.3) is 0 Å². The molecule has 0 saturated heterocycles. The first kappa shape index (κ1) is 10.8. The van der Waals surface area contributed by atoms with Gasteiger partial charge in [-0.1, -0.05) is 0 Å². The Hall–Kier alpha value is -0.710. The van der Waals surface area contributed by atoms with Gasteiger partial charge in [-0.3, -0.25) is 0 Å². The highest BCUT2D eigenvalue weighted by atomic mass is 32.1. The van der Waals surface area contributed by atoms with Gasteiger partial charge in [-0.05, 0) is 35.7 Å². The quantitative estimate of drug-likeness (QED) is 0.892. The molecule has 0 aliphatic rings. The lowest BCUT2D eigenvalue weighted by atomic mass is 10.0. The van der Waals surface area contributed by atoms with Crippen LogP contribution in [0.15, 0.2) is 16.1 Å². The topological polar surface area (TPSA) is 38.9 Å². The van der Waals surface area contributed by atoms with Crippen LogP contribution < -0.4 is 5.73 Å². The lowest BCUT2D eigenvalue weighted by molar-refractivity contribution is 0.707. The minimum absolute atomic E-state index is 0.0812. The average molecular weight is 238 g/mol. The molecule has 0 radical (unpaired) electrons. The van der Waals surface area contributed by atoms with E-state index in [-0.39, 0.29) is 6.04 Å². The van der Waals surface area contributed by atoms with E-state index in [2.05, 4.69) is 28.0 Å². The van der Waals surface area contributed by atoms with E-state index in [4.69, 9.17) is 5.73 Å². The van der Waals surface area contributed by atoms with Gasteiger partial charge in [0.05, 0.1) is 10.7 Å². The first-order valence-corrected chi connectivity index (χ1v) is 6.68. The van der Waals surface area contributed by atoms with Crippen molar-refractivity contribution in [1.82, 2.24) is 4.98 Å². The Kier molecular flexibility index (Phi) is 3.19. The number of aryl methyl sites for hydroxylation is 2. The molecule has 2 rings (SSSR count). The molecule has 0 spiro atoms. The van der Waals surface area contributed by atoms with Crippen molar-refractivity contribution in [3.63, 3.8) is 0 Å². The molecule has 2 aromatic heterocycles. The fourth-order valence-electron chi connectivity index (χ4n) is 1.59. The van der Waals surface area contributed by atoms with Crippen molar-refractivity contribution in [2.75, 3.05) is 0 Å². The number of rotatable bonds is 3. The zero-order chi connectivity index (χ0) is 10.8. The van der Waals surface area contributed by atoms with Crippen molar-refractivity contribution in [2.24, 2.45) is 5.73 Å². The molecule has 2 nitrogen and oxygen atoms in total. The fraction of sp³-hybridized carbons (Fsp3) is 0.364. The van der Waals surface area contributed by atoms with Gasteiger partial charge in [0, 0.05) is 17.8 Å². The minimum atomic E-state index is 0.0812. The summed E-state index contributed by atoms with van der Waals surface area (Å²) in [5, 5.41) is 7.48. The summed E-state index contributed by atoms with van der Waals surface area (Å²) in [5.41, 5.74) is 9.81. The SMILES string of the molecule is Cc1nc(CC(N)c2cscc2C)cs1. The van der Waals surface area contributed by atoms with Crippen LogP contribution in [0.5, 0.6) is 0 Å². The summed E-state index contributed by atoms with van der Waals surface area (Å²) in [6, 6.07) is 0.0812. The molecule has 2 N–H and O–H groups in total. The van der Waals surface area contributed by atoms with Crippen LogP contribution in [0.1, 0.15) is 27.9 Å². The van der Waals surface area contributed by atoms with Crippen molar-refractivity contribution in [2.45, 2.75) is 26.3 Å². The highest BCUT2D eigenvalue weighted by Crippen LogP contribution is 2.23. The molecule has 2 aromatic rings. The number of hydrogen-bond acceptors (Lipinski definition) is 4. The molecule has 0 aliphatic heterocycles. The number of thiophene rings is 1. The van der Waals surface area contributed by atoms with Crippen molar-refractivity contribution in [3.05, 3.63) is 38.0 Å². The third-order valence-corrected chi connectivity index (χ3v) is 4.09. The van der Waals surface area contributed by atoms with Crippen molar-refractivity contribution in [3.8, 4) is 0 Å². The van der Waals surface area contributed by atoms with Gasteiger partial charge in [-0.25, -0.2) is 4.98 Å². The molecule has 2 heterocycles. The van der Waals surface area contributed by atoms with Crippen LogP contribution in [0.3, 0.4) is 0 Å². The van der Waals surface area contributed by atoms with Crippen molar-refractivity contribution < 1.29 is 0 Å². The summed E-state index contributed by atoms with van der Waals surface area (Å²) in [6.07, 6.45) is 0.835. The van der Waals surface area contributed by atoms with Crippen LogP contribution in [0.4, 0.5) is 0 Å². The highest BCUT2D eigenvalue weighted by molar-refractivity contribution is 7.09. The molecule has 0 aliphatic carbocycles. The van der Waals surface area contributed by atoms with Crippen molar-refractivity contribution in [1.29, 1.82) is 0 Å². The third-order valence-electron chi connectivity index (χ3n) is 2.39. The number of thiazole rings is 1. The van der Waals surface area contributed by atoms with Crippen LogP contribution in [0.25, 0.3) is 0 Å². The first-order chi connectivity index (χ1) is 7.16. The summed E-state index contributed by atoms with van der Waals surface area (Å²) in [7, 11) is 0. The van der Waals surface area contributed by atoms with E-state index in [1.54, 1.807) is 22.7 Å². The Labute approximate surface area is 97.8 Å². The fourth-order valence-corrected chi connectivity index (χ4v) is 3.13. The smallest absolute Gasteiger partial charge is 0.0897 e. The predicted molar refractivity (Wildman–Crippen MR) is 66.5 cm³/mol. The maximum absolute atomic E-state index is 6.15. The standard InChI is InChI=1S/C11H14N2S2/c1-7-4-14-6-10(7)11(12)3-9-5-15-8(2)13-9/h4-6,11H,3,12H2,1-2H3. The second kappa shape index (κ2) is 4.43. The predicted octanol–water partition coefficient (Wildman–Crippen LogP) is 3.06. The minimum Gasteiger partial charge on any atom is -0.324 e. The summed E-state index contributed by atoms with van der Waals surface area (Å²) >= 11 is 3.40. The third kappa shape index (κ3) is 2.45. The van der Waals surface area contributed by atoms with E-state index in [1.165, 1.54) is 11.1 Å². The second-order valence-electron chi connectivity index (χ2n) is 3.68. The van der Waals surface area contributed by atoms with Gasteiger partial charge in [0.15, 0.2) is 0 Å². The molecule has 0 saturated carbocycles. The van der Waals surface area contributed by atoms with Gasteiger partial charge in [-0.15, -0.1) is 11.3 Å². The van der Waals surface area contributed by atoms with E-state index in [1.807, 2.05) is 6.92 Å². The Morgan fingerprint density at radius 1 is 1.33 bits per heavy atom. The van der Waals surface area contributed by atoms with Crippen LogP contribution >= 0.6 is 22.7 Å². The lowest BCUT2D eigenvalue weighted by Gasteiger charge is -2.09. The summed E-state index contributed by atoms with van der Waals surface area (Å²) in [6.45, 7) is 4.13. The monoisotopic (exact) mass is 238 g/mol. The normalized spacial score (nSPS) is 13.0. The van der Waals surface area contributed by atoms with Gasteiger partial charge in [-0.2, -0.15) is 11.3 Å². The van der Waals surface area contributed by atoms with Crippen LogP contribution in [0.2, 0.25) is 0 Å². The van der Waals surface area contributed by atoms with E-state index >= 15 is 0 Å². The molecular formula is C11H14N2S2. The zero-order valence-corrected chi connectivity index (χ0v) is 10.5. The molecule has 80 valence electrons. The van der Waals surface area contributed by atoms with Crippen LogP contribution in [0, 0.1) is 13.8 Å².